The van der Waals surface area contributed by atoms with Crippen LogP contribution in [0.5, 0.6) is 0 Å². The number of hydrogen-bond acceptors (Lipinski definition) is 4. The quantitative estimate of drug-likeness (QED) is 0.566. The molecule has 0 aliphatic carbocycles. The summed E-state index contributed by atoms with van der Waals surface area (Å²) in [5.41, 5.74) is 0. The summed E-state index contributed by atoms with van der Waals surface area (Å²) in [7, 11) is 2.99. The lowest BCUT2D eigenvalue weighted by Gasteiger charge is -2.10. The summed E-state index contributed by atoms with van der Waals surface area (Å²) in [5.74, 6) is -0.257. The highest BCUT2D eigenvalue weighted by Crippen LogP contribution is 1.81. The third-order valence-electron chi connectivity index (χ3n) is 1.24. The Morgan fingerprint density at radius 3 is 2.64 bits per heavy atom. The fourth-order valence-electron chi connectivity index (χ4n) is 0.639. The second kappa shape index (κ2) is 6.12. The van der Waals surface area contributed by atoms with Gasteiger partial charge < -0.3 is 14.8 Å². The van der Waals surface area contributed by atoms with Gasteiger partial charge in [0.25, 0.3) is 0 Å². The van der Waals surface area contributed by atoms with Gasteiger partial charge in [0.2, 0.25) is 0 Å². The Balaban J connectivity index is 3.29. The maximum Gasteiger partial charge on any atom is 0.319 e. The highest BCUT2D eigenvalue weighted by Gasteiger charge is 2.03. The summed E-state index contributed by atoms with van der Waals surface area (Å²) in [6.45, 7) is 2.77. The van der Waals surface area contributed by atoms with E-state index in [-0.39, 0.29) is 18.6 Å². The van der Waals surface area contributed by atoms with Crippen LogP contribution in [0.4, 0.5) is 0 Å². The maximum absolute atomic E-state index is 10.6. The molecule has 0 aliphatic rings. The second-order valence-electron chi connectivity index (χ2n) is 2.31. The number of hydrogen-bond donors (Lipinski definition) is 1. The molecule has 11 heavy (non-hydrogen) atoms. The minimum atomic E-state index is -0.257. The average Bonchev–Trinajstić information content (AvgIpc) is 2.01. The van der Waals surface area contributed by atoms with Crippen molar-refractivity contribution < 1.29 is 14.3 Å². The first kappa shape index (κ1) is 10.4. The van der Waals surface area contributed by atoms with E-state index in [0.29, 0.717) is 6.61 Å². The number of methoxy groups -OCH3 is 2. The van der Waals surface area contributed by atoms with E-state index in [1.54, 1.807) is 7.11 Å². The van der Waals surface area contributed by atoms with E-state index < -0.39 is 0 Å². The molecule has 0 saturated heterocycles. The van der Waals surface area contributed by atoms with Gasteiger partial charge in [0, 0.05) is 13.2 Å². The standard InChI is InChI=1S/C7H15NO3/c1-6(5-10-2)8-4-7(9)11-3/h6,8H,4-5H2,1-3H3. The predicted molar refractivity (Wildman–Crippen MR) is 41.4 cm³/mol. The smallest absolute Gasteiger partial charge is 0.319 e. The Bertz CT molecular complexity index is 116. The molecule has 4 nitrogen and oxygen atoms in total. The summed E-state index contributed by atoms with van der Waals surface area (Å²) in [6, 6.07) is 0.180. The minimum absolute atomic E-state index is 0.180. The summed E-state index contributed by atoms with van der Waals surface area (Å²) in [6.07, 6.45) is 0. The lowest BCUT2D eigenvalue weighted by molar-refractivity contribution is -0.139. The van der Waals surface area contributed by atoms with Crippen LogP contribution >= 0.6 is 0 Å². The van der Waals surface area contributed by atoms with Crippen LogP contribution in [0.3, 0.4) is 0 Å². The second-order valence-corrected chi connectivity index (χ2v) is 2.31. The fourth-order valence-corrected chi connectivity index (χ4v) is 0.639. The van der Waals surface area contributed by atoms with Gasteiger partial charge in [-0.3, -0.25) is 4.79 Å². The number of nitrogens with one attached hydrogen (secondary N) is 1. The van der Waals surface area contributed by atoms with Crippen molar-refractivity contribution in [2.24, 2.45) is 0 Å². The van der Waals surface area contributed by atoms with E-state index in [1.165, 1.54) is 7.11 Å². The normalized spacial score (nSPS) is 12.6. The van der Waals surface area contributed by atoms with E-state index >= 15 is 0 Å². The third-order valence-corrected chi connectivity index (χ3v) is 1.24. The summed E-state index contributed by atoms with van der Waals surface area (Å²) in [5, 5.41) is 2.93. The van der Waals surface area contributed by atoms with Crippen molar-refractivity contribution in [2.45, 2.75) is 13.0 Å². The number of carbonyl (C=O) groups excluding carboxylic acids is 1. The van der Waals surface area contributed by atoms with Crippen LogP contribution in [0.1, 0.15) is 6.92 Å². The maximum atomic E-state index is 10.6. The zero-order valence-corrected chi connectivity index (χ0v) is 7.22. The van der Waals surface area contributed by atoms with Crippen molar-refractivity contribution in [3.05, 3.63) is 0 Å². The van der Waals surface area contributed by atoms with Crippen LogP contribution in [0.15, 0.2) is 0 Å². The van der Waals surface area contributed by atoms with Crippen molar-refractivity contribution in [2.75, 3.05) is 27.4 Å². The summed E-state index contributed by atoms with van der Waals surface area (Å²) in [4.78, 5) is 10.6. The minimum Gasteiger partial charge on any atom is -0.468 e. The Morgan fingerprint density at radius 2 is 2.18 bits per heavy atom. The van der Waals surface area contributed by atoms with Crippen LogP contribution < -0.4 is 5.32 Å². The number of esters is 1. The molecule has 0 heterocycles. The van der Waals surface area contributed by atoms with E-state index in [2.05, 4.69) is 10.1 Å². The molecule has 0 aliphatic heterocycles. The molecule has 0 bridgehead atoms. The van der Waals surface area contributed by atoms with Gasteiger partial charge in [-0.25, -0.2) is 0 Å². The molecule has 1 N–H and O–H groups in total. The Labute approximate surface area is 66.9 Å². The van der Waals surface area contributed by atoms with Gasteiger partial charge in [-0.05, 0) is 6.92 Å². The molecule has 1 atom stereocenters. The van der Waals surface area contributed by atoms with Crippen molar-refractivity contribution in [3.63, 3.8) is 0 Å². The van der Waals surface area contributed by atoms with Gasteiger partial charge in [-0.1, -0.05) is 0 Å². The van der Waals surface area contributed by atoms with Crippen LogP contribution in [0, 0.1) is 0 Å². The SMILES string of the molecule is COCC(C)NCC(=O)OC. The van der Waals surface area contributed by atoms with E-state index in [1.807, 2.05) is 6.92 Å². The van der Waals surface area contributed by atoms with Crippen molar-refractivity contribution in [1.29, 1.82) is 0 Å². The van der Waals surface area contributed by atoms with Gasteiger partial charge in [-0.15, -0.1) is 0 Å². The molecule has 1 unspecified atom stereocenters. The first-order valence-corrected chi connectivity index (χ1v) is 3.49. The van der Waals surface area contributed by atoms with Crippen LogP contribution in [-0.4, -0.2) is 39.4 Å². The molecule has 0 aromatic carbocycles. The molecule has 0 amide bonds. The van der Waals surface area contributed by atoms with Crippen LogP contribution in [0.25, 0.3) is 0 Å². The lowest BCUT2D eigenvalue weighted by atomic mass is 10.3. The molecule has 0 spiro atoms. The van der Waals surface area contributed by atoms with Gasteiger partial charge in [0.1, 0.15) is 0 Å². The zero-order valence-electron chi connectivity index (χ0n) is 7.22. The van der Waals surface area contributed by atoms with Crippen LogP contribution in [-0.2, 0) is 14.3 Å². The van der Waals surface area contributed by atoms with Crippen molar-refractivity contribution >= 4 is 5.97 Å². The van der Waals surface area contributed by atoms with E-state index in [9.17, 15) is 4.79 Å². The molecule has 0 aromatic heterocycles. The molecule has 0 aromatic rings. The highest BCUT2D eigenvalue weighted by molar-refractivity contribution is 5.71. The molecule has 66 valence electrons. The molecule has 4 heteroatoms. The van der Waals surface area contributed by atoms with Gasteiger partial charge in [-0.2, -0.15) is 0 Å². The molecular weight excluding hydrogens is 146 g/mol. The Kier molecular flexibility index (Phi) is 5.78. The lowest BCUT2D eigenvalue weighted by Crippen LogP contribution is -2.34. The van der Waals surface area contributed by atoms with Crippen molar-refractivity contribution in [1.82, 2.24) is 5.32 Å². The summed E-state index contributed by atoms with van der Waals surface area (Å²) >= 11 is 0. The number of carbonyl (C=O) groups is 1. The van der Waals surface area contributed by atoms with Gasteiger partial charge in [0.15, 0.2) is 0 Å². The zero-order chi connectivity index (χ0) is 8.69. The Morgan fingerprint density at radius 1 is 1.55 bits per heavy atom. The average molecular weight is 161 g/mol. The van der Waals surface area contributed by atoms with Crippen LogP contribution in [0.2, 0.25) is 0 Å². The monoisotopic (exact) mass is 161 g/mol. The topological polar surface area (TPSA) is 47.6 Å². The number of ether oxygens (including phenoxy) is 2. The Hall–Kier alpha value is -0.610. The molecule has 0 fully saturated rings. The first-order valence-electron chi connectivity index (χ1n) is 3.49. The van der Waals surface area contributed by atoms with Gasteiger partial charge in [0.05, 0.1) is 20.3 Å². The molecular formula is C7H15NO3. The summed E-state index contributed by atoms with van der Waals surface area (Å²) < 4.78 is 9.29. The molecule has 0 saturated carbocycles. The fraction of sp³-hybridized carbons (Fsp3) is 0.857. The van der Waals surface area contributed by atoms with Gasteiger partial charge >= 0.3 is 5.97 Å². The first-order chi connectivity index (χ1) is 5.20. The number of rotatable bonds is 5. The molecule has 0 radical (unpaired) electrons. The van der Waals surface area contributed by atoms with Crippen molar-refractivity contribution in [3.8, 4) is 0 Å². The van der Waals surface area contributed by atoms with E-state index in [4.69, 9.17) is 4.74 Å². The highest BCUT2D eigenvalue weighted by atomic mass is 16.5. The largest absolute Gasteiger partial charge is 0.468 e. The molecule has 0 rings (SSSR count). The van der Waals surface area contributed by atoms with E-state index in [0.717, 1.165) is 0 Å². The predicted octanol–water partition coefficient (Wildman–Crippen LogP) is -0.216. The third kappa shape index (κ3) is 5.82.